The highest BCUT2D eigenvalue weighted by Gasteiger charge is 2.11. The van der Waals surface area contributed by atoms with E-state index in [-0.39, 0.29) is 5.75 Å². The molecule has 4 heteroatoms. The molecule has 0 aliphatic heterocycles. The van der Waals surface area contributed by atoms with E-state index in [1.807, 2.05) is 12.1 Å². The molecule has 1 aromatic rings. The normalized spacial score (nSPS) is 12.2. The molecule has 0 saturated heterocycles. The Kier molecular flexibility index (Phi) is 6.50. The zero-order chi connectivity index (χ0) is 14.3. The Morgan fingerprint density at radius 2 is 1.79 bits per heavy atom. The van der Waals surface area contributed by atoms with Crippen molar-refractivity contribution in [2.45, 2.75) is 45.7 Å². The summed E-state index contributed by atoms with van der Waals surface area (Å²) in [6.07, 6.45) is 3.62. The van der Waals surface area contributed by atoms with Gasteiger partial charge < -0.3 is 19.9 Å². The molecule has 0 aliphatic carbocycles. The zero-order valence-electron chi connectivity index (χ0n) is 12.3. The summed E-state index contributed by atoms with van der Waals surface area (Å²) >= 11 is 0. The van der Waals surface area contributed by atoms with Crippen LogP contribution in [-0.4, -0.2) is 25.4 Å². The van der Waals surface area contributed by atoms with Crippen molar-refractivity contribution in [2.24, 2.45) is 0 Å². The monoisotopic (exact) mass is 267 g/mol. The highest BCUT2D eigenvalue weighted by atomic mass is 16.5. The lowest BCUT2D eigenvalue weighted by atomic mass is 10.1. The summed E-state index contributed by atoms with van der Waals surface area (Å²) in [5.74, 6) is 0.933. The third-order valence-electron chi connectivity index (χ3n) is 3.18. The Hall–Kier alpha value is -1.42. The maximum atomic E-state index is 9.84. The van der Waals surface area contributed by atoms with Crippen LogP contribution in [-0.2, 0) is 6.54 Å². The van der Waals surface area contributed by atoms with E-state index in [4.69, 9.17) is 9.47 Å². The largest absolute Gasteiger partial charge is 0.502 e. The molecule has 19 heavy (non-hydrogen) atoms. The van der Waals surface area contributed by atoms with Crippen molar-refractivity contribution < 1.29 is 14.6 Å². The SMILES string of the molecule is CCCCC(C)NCc1cc(OC)c(O)c(OC)c1. The van der Waals surface area contributed by atoms with Crippen LogP contribution in [0.3, 0.4) is 0 Å². The Balaban J connectivity index is 2.68. The minimum absolute atomic E-state index is 0.0489. The van der Waals surface area contributed by atoms with Gasteiger partial charge in [-0.1, -0.05) is 19.8 Å². The van der Waals surface area contributed by atoms with Crippen molar-refractivity contribution in [2.75, 3.05) is 14.2 Å². The lowest BCUT2D eigenvalue weighted by molar-refractivity contribution is 0.338. The summed E-state index contributed by atoms with van der Waals surface area (Å²) in [4.78, 5) is 0. The second-order valence-electron chi connectivity index (χ2n) is 4.77. The van der Waals surface area contributed by atoms with E-state index in [9.17, 15) is 5.11 Å². The van der Waals surface area contributed by atoms with Crippen LogP contribution in [0.25, 0.3) is 0 Å². The first-order valence-corrected chi connectivity index (χ1v) is 6.79. The van der Waals surface area contributed by atoms with Gasteiger partial charge in [0.05, 0.1) is 14.2 Å². The fourth-order valence-electron chi connectivity index (χ4n) is 1.95. The lowest BCUT2D eigenvalue weighted by Crippen LogP contribution is -2.25. The number of benzene rings is 1. The van der Waals surface area contributed by atoms with E-state index < -0.39 is 0 Å². The van der Waals surface area contributed by atoms with Crippen LogP contribution in [0, 0.1) is 0 Å². The van der Waals surface area contributed by atoms with E-state index >= 15 is 0 Å². The molecule has 0 fully saturated rings. The Bertz CT molecular complexity index is 368. The summed E-state index contributed by atoms with van der Waals surface area (Å²) in [7, 11) is 3.07. The standard InChI is InChI=1S/C15H25NO3/c1-5-6-7-11(2)16-10-12-8-13(18-3)15(17)14(9-12)19-4/h8-9,11,16-17H,5-7,10H2,1-4H3. The number of phenolic OH excluding ortho intramolecular Hbond substituents is 1. The first-order chi connectivity index (χ1) is 9.12. The van der Waals surface area contributed by atoms with Gasteiger partial charge in [0.25, 0.3) is 0 Å². The molecule has 0 spiro atoms. The molecule has 108 valence electrons. The number of ether oxygens (including phenoxy) is 2. The topological polar surface area (TPSA) is 50.7 Å². The summed E-state index contributed by atoms with van der Waals surface area (Å²) in [5.41, 5.74) is 1.04. The predicted octanol–water partition coefficient (Wildman–Crippen LogP) is 3.08. The minimum atomic E-state index is 0.0489. The number of methoxy groups -OCH3 is 2. The fourth-order valence-corrected chi connectivity index (χ4v) is 1.95. The summed E-state index contributed by atoms with van der Waals surface area (Å²) in [6, 6.07) is 4.14. The van der Waals surface area contributed by atoms with Gasteiger partial charge in [-0.25, -0.2) is 0 Å². The molecule has 1 rings (SSSR count). The second-order valence-corrected chi connectivity index (χ2v) is 4.77. The van der Waals surface area contributed by atoms with Crippen LogP contribution in [0.4, 0.5) is 0 Å². The first kappa shape index (κ1) is 15.6. The Morgan fingerprint density at radius 1 is 1.21 bits per heavy atom. The van der Waals surface area contributed by atoms with Gasteiger partial charge in [-0.2, -0.15) is 0 Å². The molecule has 4 nitrogen and oxygen atoms in total. The third kappa shape index (κ3) is 4.63. The molecule has 0 radical (unpaired) electrons. The van der Waals surface area contributed by atoms with Crippen LogP contribution in [0.1, 0.15) is 38.7 Å². The average molecular weight is 267 g/mol. The summed E-state index contributed by atoms with van der Waals surface area (Å²) in [6.45, 7) is 5.12. The number of rotatable bonds is 8. The molecule has 1 atom stereocenters. The van der Waals surface area contributed by atoms with Crippen molar-refractivity contribution in [1.29, 1.82) is 0 Å². The van der Waals surface area contributed by atoms with E-state index in [2.05, 4.69) is 19.2 Å². The number of nitrogens with one attached hydrogen (secondary N) is 1. The molecule has 0 amide bonds. The number of phenols is 1. The lowest BCUT2D eigenvalue weighted by Gasteiger charge is -2.15. The molecule has 0 bridgehead atoms. The molecular formula is C15H25NO3. The van der Waals surface area contributed by atoms with Gasteiger partial charge in [0.1, 0.15) is 0 Å². The summed E-state index contributed by atoms with van der Waals surface area (Å²) in [5, 5.41) is 13.3. The molecule has 1 unspecified atom stereocenters. The fraction of sp³-hybridized carbons (Fsp3) is 0.600. The molecule has 1 aromatic carbocycles. The molecule has 0 saturated carbocycles. The smallest absolute Gasteiger partial charge is 0.200 e. The molecule has 0 heterocycles. The molecule has 0 aromatic heterocycles. The van der Waals surface area contributed by atoms with Crippen molar-refractivity contribution in [3.63, 3.8) is 0 Å². The Labute approximate surface area is 115 Å². The van der Waals surface area contributed by atoms with E-state index in [1.165, 1.54) is 33.5 Å². The average Bonchev–Trinajstić information content (AvgIpc) is 2.43. The van der Waals surface area contributed by atoms with Crippen molar-refractivity contribution in [3.8, 4) is 17.2 Å². The van der Waals surface area contributed by atoms with Gasteiger partial charge in [-0.15, -0.1) is 0 Å². The van der Waals surface area contributed by atoms with Gasteiger partial charge in [-0.05, 0) is 31.0 Å². The highest BCUT2D eigenvalue weighted by molar-refractivity contribution is 5.52. The number of hydrogen-bond donors (Lipinski definition) is 2. The van der Waals surface area contributed by atoms with Crippen molar-refractivity contribution >= 4 is 0 Å². The van der Waals surface area contributed by atoms with Crippen LogP contribution >= 0.6 is 0 Å². The highest BCUT2D eigenvalue weighted by Crippen LogP contribution is 2.37. The van der Waals surface area contributed by atoms with Gasteiger partial charge in [0, 0.05) is 12.6 Å². The third-order valence-corrected chi connectivity index (χ3v) is 3.18. The van der Waals surface area contributed by atoms with Crippen molar-refractivity contribution in [3.05, 3.63) is 17.7 Å². The summed E-state index contributed by atoms with van der Waals surface area (Å²) < 4.78 is 10.3. The first-order valence-electron chi connectivity index (χ1n) is 6.79. The van der Waals surface area contributed by atoms with E-state index in [1.54, 1.807) is 0 Å². The minimum Gasteiger partial charge on any atom is -0.502 e. The molecule has 0 aliphatic rings. The van der Waals surface area contributed by atoms with Gasteiger partial charge >= 0.3 is 0 Å². The van der Waals surface area contributed by atoms with E-state index in [0.29, 0.717) is 17.5 Å². The zero-order valence-corrected chi connectivity index (χ0v) is 12.3. The Morgan fingerprint density at radius 3 is 2.26 bits per heavy atom. The van der Waals surface area contributed by atoms with Crippen molar-refractivity contribution in [1.82, 2.24) is 5.32 Å². The maximum Gasteiger partial charge on any atom is 0.200 e. The van der Waals surface area contributed by atoms with Crippen LogP contribution in [0.15, 0.2) is 12.1 Å². The molecular weight excluding hydrogens is 242 g/mol. The van der Waals surface area contributed by atoms with Gasteiger partial charge in [-0.3, -0.25) is 0 Å². The van der Waals surface area contributed by atoms with Crippen LogP contribution in [0.2, 0.25) is 0 Å². The molecule has 2 N–H and O–H groups in total. The number of hydrogen-bond acceptors (Lipinski definition) is 4. The number of unbranched alkanes of at least 4 members (excludes halogenated alkanes) is 1. The van der Waals surface area contributed by atoms with Crippen LogP contribution < -0.4 is 14.8 Å². The quantitative estimate of drug-likeness (QED) is 0.760. The number of aromatic hydroxyl groups is 1. The maximum absolute atomic E-state index is 9.84. The predicted molar refractivity (Wildman–Crippen MR) is 77.0 cm³/mol. The van der Waals surface area contributed by atoms with Gasteiger partial charge in [0.2, 0.25) is 5.75 Å². The van der Waals surface area contributed by atoms with E-state index in [0.717, 1.165) is 12.1 Å². The van der Waals surface area contributed by atoms with Gasteiger partial charge in [0.15, 0.2) is 11.5 Å². The van der Waals surface area contributed by atoms with Crippen LogP contribution in [0.5, 0.6) is 17.2 Å². The second kappa shape index (κ2) is 7.89.